The first-order valence-electron chi connectivity index (χ1n) is 22.0. The van der Waals surface area contributed by atoms with Crippen LogP contribution >= 0.6 is 11.6 Å². The molecule has 9 heteroatoms. The number of nitrogens with zero attached hydrogens (tertiary/aromatic N) is 2. The van der Waals surface area contributed by atoms with Gasteiger partial charge < -0.3 is 20.1 Å². The average Bonchev–Trinajstić information content (AvgIpc) is 3.22. The third-order valence-electron chi connectivity index (χ3n) is 10.8. The Bertz CT molecular complexity index is 1850. The summed E-state index contributed by atoms with van der Waals surface area (Å²) in [5.41, 5.74) is 5.87. The number of esters is 1. The maximum absolute atomic E-state index is 12.3. The second-order valence-electron chi connectivity index (χ2n) is 17.5. The number of hydrogen-bond donors (Lipinski definition) is 3. The fourth-order valence-electron chi connectivity index (χ4n) is 7.43. The quantitative estimate of drug-likeness (QED) is 0.0486. The largest absolute Gasteiger partial charge is 0.508 e. The SMILES string of the molecule is CC(C)C(=O)Cl.CC(C)C(=O)Oc1ccc(CO)cc1[C@H](CCN(C(C)C)C(C)C)c1ccccc1.CC(C)N(CCC(c1ccccc1)c1cc(CO)ccc1O)C(C)C. The van der Waals surface area contributed by atoms with E-state index in [1.807, 2.05) is 74.5 Å². The van der Waals surface area contributed by atoms with Crippen LogP contribution in [0.25, 0.3) is 0 Å². The minimum atomic E-state index is -0.269. The van der Waals surface area contributed by atoms with E-state index in [2.05, 4.69) is 89.5 Å². The van der Waals surface area contributed by atoms with Gasteiger partial charge in [-0.15, -0.1) is 0 Å². The zero-order valence-electron chi connectivity index (χ0n) is 38.9. The molecule has 0 saturated heterocycles. The van der Waals surface area contributed by atoms with Crippen molar-refractivity contribution in [1.29, 1.82) is 0 Å². The lowest BCUT2D eigenvalue weighted by Gasteiger charge is -2.32. The molecule has 0 saturated carbocycles. The summed E-state index contributed by atoms with van der Waals surface area (Å²) >= 11 is 4.97. The van der Waals surface area contributed by atoms with Gasteiger partial charge in [0.1, 0.15) is 11.5 Å². The number of ether oxygens (including phenoxy) is 1. The number of aliphatic hydroxyl groups is 2. The maximum atomic E-state index is 12.3. The maximum Gasteiger partial charge on any atom is 0.313 e. The number of halogens is 1. The van der Waals surface area contributed by atoms with Crippen molar-refractivity contribution in [2.24, 2.45) is 11.8 Å². The predicted molar refractivity (Wildman–Crippen MR) is 252 cm³/mol. The Morgan fingerprint density at radius 3 is 1.30 bits per heavy atom. The molecule has 4 rings (SSSR count). The van der Waals surface area contributed by atoms with Crippen molar-refractivity contribution >= 4 is 22.8 Å². The molecule has 3 N–H and O–H groups in total. The number of aromatic hydroxyl groups is 1. The van der Waals surface area contributed by atoms with Crippen LogP contribution in [0.15, 0.2) is 97.1 Å². The van der Waals surface area contributed by atoms with Gasteiger partial charge in [0.15, 0.2) is 0 Å². The van der Waals surface area contributed by atoms with Crippen molar-refractivity contribution in [2.45, 2.75) is 145 Å². The Balaban J connectivity index is 0.000000375. The van der Waals surface area contributed by atoms with Gasteiger partial charge in [-0.1, -0.05) is 100 Å². The van der Waals surface area contributed by atoms with Crippen LogP contribution < -0.4 is 4.74 Å². The highest BCUT2D eigenvalue weighted by atomic mass is 35.5. The molecule has 0 aliphatic heterocycles. The molecule has 0 spiro atoms. The summed E-state index contributed by atoms with van der Waals surface area (Å²) in [6.07, 6.45) is 1.81. The number of rotatable bonds is 19. The summed E-state index contributed by atoms with van der Waals surface area (Å²) in [6, 6.07) is 33.5. The Morgan fingerprint density at radius 1 is 0.557 bits per heavy atom. The Morgan fingerprint density at radius 2 is 0.934 bits per heavy atom. The van der Waals surface area contributed by atoms with E-state index in [4.69, 9.17) is 16.3 Å². The second kappa shape index (κ2) is 27.1. The third-order valence-corrected chi connectivity index (χ3v) is 11.3. The van der Waals surface area contributed by atoms with Crippen molar-refractivity contribution in [3.05, 3.63) is 130 Å². The summed E-state index contributed by atoms with van der Waals surface area (Å²) in [7, 11) is 0. The highest BCUT2D eigenvalue weighted by Crippen LogP contribution is 2.37. The molecule has 61 heavy (non-hydrogen) atoms. The minimum absolute atomic E-state index is 0.0150. The predicted octanol–water partition coefficient (Wildman–Crippen LogP) is 11.3. The van der Waals surface area contributed by atoms with E-state index in [-0.39, 0.29) is 48.1 Å². The molecular weight excluding hydrogens is 784 g/mol. The molecule has 0 bridgehead atoms. The molecule has 0 amide bonds. The van der Waals surface area contributed by atoms with Crippen LogP contribution in [0.4, 0.5) is 0 Å². The summed E-state index contributed by atoms with van der Waals surface area (Å²) in [5.74, 6) is 0.577. The zero-order valence-corrected chi connectivity index (χ0v) is 39.7. The lowest BCUT2D eigenvalue weighted by molar-refractivity contribution is -0.137. The first kappa shape index (κ1) is 53.1. The number of aliphatic hydroxyl groups excluding tert-OH is 2. The van der Waals surface area contributed by atoms with Crippen molar-refractivity contribution in [2.75, 3.05) is 13.1 Å². The van der Waals surface area contributed by atoms with Crippen LogP contribution in [-0.2, 0) is 22.8 Å². The Hall–Kier alpha value is -4.05. The third kappa shape index (κ3) is 17.7. The van der Waals surface area contributed by atoms with E-state index in [1.54, 1.807) is 26.0 Å². The summed E-state index contributed by atoms with van der Waals surface area (Å²) in [4.78, 5) is 27.2. The molecule has 336 valence electrons. The monoisotopic (exact) mass is 859 g/mol. The molecular formula is C52H75ClN2O6. The van der Waals surface area contributed by atoms with Crippen molar-refractivity contribution in [1.82, 2.24) is 9.80 Å². The smallest absolute Gasteiger partial charge is 0.313 e. The minimum Gasteiger partial charge on any atom is -0.508 e. The van der Waals surface area contributed by atoms with E-state index in [0.717, 1.165) is 48.2 Å². The fourth-order valence-corrected chi connectivity index (χ4v) is 7.43. The van der Waals surface area contributed by atoms with Crippen molar-refractivity contribution < 1.29 is 29.6 Å². The summed E-state index contributed by atoms with van der Waals surface area (Å²) in [5, 5.41) is 29.4. The van der Waals surface area contributed by atoms with Gasteiger partial charge in [-0.2, -0.15) is 0 Å². The van der Waals surface area contributed by atoms with Crippen molar-refractivity contribution in [3.8, 4) is 11.5 Å². The first-order chi connectivity index (χ1) is 28.8. The molecule has 4 aromatic carbocycles. The van der Waals surface area contributed by atoms with E-state index < -0.39 is 0 Å². The molecule has 0 fully saturated rings. The van der Waals surface area contributed by atoms with Crippen LogP contribution in [0.2, 0.25) is 0 Å². The van der Waals surface area contributed by atoms with E-state index in [9.17, 15) is 24.9 Å². The molecule has 0 radical (unpaired) electrons. The summed E-state index contributed by atoms with van der Waals surface area (Å²) in [6.45, 7) is 26.8. The van der Waals surface area contributed by atoms with E-state index >= 15 is 0 Å². The lowest BCUT2D eigenvalue weighted by Crippen LogP contribution is -2.38. The molecule has 0 aliphatic rings. The molecule has 2 atom stereocenters. The summed E-state index contributed by atoms with van der Waals surface area (Å²) < 4.78 is 5.78. The van der Waals surface area contributed by atoms with E-state index in [1.165, 1.54) is 11.1 Å². The number of benzene rings is 4. The van der Waals surface area contributed by atoms with Crippen molar-refractivity contribution in [3.63, 3.8) is 0 Å². The average molecular weight is 860 g/mol. The number of carbonyl (C=O) groups is 2. The molecule has 1 unspecified atom stereocenters. The van der Waals surface area contributed by atoms with Crippen LogP contribution in [0, 0.1) is 11.8 Å². The van der Waals surface area contributed by atoms with Gasteiger partial charge in [0.05, 0.1) is 19.1 Å². The zero-order chi connectivity index (χ0) is 45.8. The molecule has 4 aromatic rings. The van der Waals surface area contributed by atoms with Crippen LogP contribution in [0.1, 0.15) is 141 Å². The topological polar surface area (TPSA) is 111 Å². The second-order valence-corrected chi connectivity index (χ2v) is 17.8. The molecule has 0 aliphatic carbocycles. The molecule has 0 aromatic heterocycles. The number of phenolic OH excluding ortho intramolecular Hbond substituents is 1. The normalized spacial score (nSPS) is 12.5. The van der Waals surface area contributed by atoms with Gasteiger partial charge in [-0.3, -0.25) is 19.4 Å². The van der Waals surface area contributed by atoms with E-state index in [0.29, 0.717) is 35.7 Å². The lowest BCUT2D eigenvalue weighted by atomic mass is 9.86. The van der Waals surface area contributed by atoms with Gasteiger partial charge in [0, 0.05) is 53.0 Å². The molecule has 8 nitrogen and oxygen atoms in total. The number of phenols is 1. The van der Waals surface area contributed by atoms with Crippen LogP contribution in [-0.4, -0.2) is 73.6 Å². The highest BCUT2D eigenvalue weighted by Gasteiger charge is 2.25. The standard InChI is InChI=1S/C26H37NO3.C22H31NO2.C4H7ClO/c1-18(2)26(29)30-25-13-12-21(17-28)16-24(25)23(22-10-8-7-9-11-22)14-15-27(19(3)4)20(5)6;1-16(2)23(17(3)4)13-12-20(19-8-6-5-7-9-19)21-14-18(15-24)10-11-22(21)25;1-3(2)4(5)6/h7-13,16,18-20,23,28H,14-15,17H2,1-6H3;5-11,14,16-17,20,24-25H,12-13,15H2,1-4H3;3H,1-2H3/t23-;;/m1../s1. The number of carbonyl (C=O) groups excluding carboxylic acids is 2. The van der Waals surface area contributed by atoms with Crippen LogP contribution in [0.5, 0.6) is 11.5 Å². The highest BCUT2D eigenvalue weighted by molar-refractivity contribution is 6.63. The van der Waals surface area contributed by atoms with Gasteiger partial charge in [-0.25, -0.2) is 0 Å². The van der Waals surface area contributed by atoms with Gasteiger partial charge in [0.2, 0.25) is 5.24 Å². The molecule has 0 heterocycles. The van der Waals surface area contributed by atoms with Gasteiger partial charge in [0.25, 0.3) is 0 Å². The van der Waals surface area contributed by atoms with Gasteiger partial charge >= 0.3 is 5.97 Å². The Kier molecular flexibility index (Phi) is 23.6. The Labute approximate surface area is 372 Å². The first-order valence-corrected chi connectivity index (χ1v) is 22.4. The fraction of sp³-hybridized carbons (Fsp3) is 0.500. The number of hydrogen-bond acceptors (Lipinski definition) is 8. The van der Waals surface area contributed by atoms with Gasteiger partial charge in [-0.05, 0) is 139 Å². The van der Waals surface area contributed by atoms with Crippen LogP contribution in [0.3, 0.4) is 0 Å².